The summed E-state index contributed by atoms with van der Waals surface area (Å²) in [6.07, 6.45) is 2.06. The Bertz CT molecular complexity index is 585. The minimum absolute atomic E-state index is 0.343. The second kappa shape index (κ2) is 4.70. The van der Waals surface area contributed by atoms with E-state index in [-0.39, 0.29) is 0 Å². The number of aromatic nitrogens is 2. The van der Waals surface area contributed by atoms with Gasteiger partial charge in [0, 0.05) is 23.2 Å². The number of rotatable bonds is 3. The molecular weight excluding hydrogens is 238 g/mol. The first-order valence-corrected chi connectivity index (χ1v) is 6.64. The largest absolute Gasteiger partial charge is 0.497 e. The highest BCUT2D eigenvalue weighted by molar-refractivity contribution is 5.63. The van der Waals surface area contributed by atoms with Gasteiger partial charge in [0.1, 0.15) is 11.6 Å². The molecule has 1 heterocycles. The van der Waals surface area contributed by atoms with Gasteiger partial charge in [-0.2, -0.15) is 0 Å². The van der Waals surface area contributed by atoms with Crippen LogP contribution in [0.4, 0.5) is 0 Å². The van der Waals surface area contributed by atoms with Crippen LogP contribution in [0.15, 0.2) is 24.3 Å². The summed E-state index contributed by atoms with van der Waals surface area (Å²) in [4.78, 5) is 8.14. The number of imidazole rings is 1. The van der Waals surface area contributed by atoms with E-state index >= 15 is 0 Å². The van der Waals surface area contributed by atoms with Crippen LogP contribution in [0, 0.1) is 6.92 Å². The van der Waals surface area contributed by atoms with E-state index in [0.717, 1.165) is 41.4 Å². The van der Waals surface area contributed by atoms with E-state index in [1.165, 1.54) is 0 Å². The molecule has 1 saturated carbocycles. The van der Waals surface area contributed by atoms with Crippen molar-refractivity contribution >= 4 is 0 Å². The van der Waals surface area contributed by atoms with Crippen LogP contribution in [0.1, 0.15) is 30.3 Å². The average molecular weight is 257 g/mol. The number of H-pyrrole nitrogens is 1. The van der Waals surface area contributed by atoms with Gasteiger partial charge in [0.2, 0.25) is 0 Å². The van der Waals surface area contributed by atoms with Gasteiger partial charge in [0.15, 0.2) is 0 Å². The zero-order chi connectivity index (χ0) is 13.4. The van der Waals surface area contributed by atoms with Crippen LogP contribution < -0.4 is 10.5 Å². The standard InChI is InChI=1S/C15H19N3O/c1-9-14(10-4-3-5-13(8-10)19-2)18-15(17-9)11-6-12(16)7-11/h3-5,8,11-12H,6-7,16H2,1-2H3,(H,17,18). The van der Waals surface area contributed by atoms with Crippen LogP contribution in [0.3, 0.4) is 0 Å². The molecule has 19 heavy (non-hydrogen) atoms. The molecule has 1 aromatic carbocycles. The van der Waals surface area contributed by atoms with Crippen molar-refractivity contribution < 1.29 is 4.74 Å². The van der Waals surface area contributed by atoms with Crippen molar-refractivity contribution in [1.29, 1.82) is 0 Å². The lowest BCUT2D eigenvalue weighted by Crippen LogP contribution is -2.35. The monoisotopic (exact) mass is 257 g/mol. The lowest BCUT2D eigenvalue weighted by atomic mass is 9.80. The summed E-state index contributed by atoms with van der Waals surface area (Å²) in [6, 6.07) is 8.34. The highest BCUT2D eigenvalue weighted by atomic mass is 16.5. The van der Waals surface area contributed by atoms with Gasteiger partial charge in [-0.3, -0.25) is 0 Å². The highest BCUT2D eigenvalue weighted by Crippen LogP contribution is 2.36. The van der Waals surface area contributed by atoms with Crippen molar-refractivity contribution in [3.8, 4) is 17.0 Å². The molecule has 0 aliphatic heterocycles. The van der Waals surface area contributed by atoms with Crippen LogP contribution in [-0.2, 0) is 0 Å². The van der Waals surface area contributed by atoms with Crippen LogP contribution in [-0.4, -0.2) is 23.1 Å². The number of nitrogens with zero attached hydrogens (tertiary/aromatic N) is 1. The number of nitrogens with one attached hydrogen (secondary N) is 1. The topological polar surface area (TPSA) is 63.9 Å². The Labute approximate surface area is 113 Å². The van der Waals surface area contributed by atoms with Gasteiger partial charge in [0.05, 0.1) is 12.8 Å². The number of hydrogen-bond donors (Lipinski definition) is 2. The van der Waals surface area contributed by atoms with E-state index < -0.39 is 0 Å². The van der Waals surface area contributed by atoms with Crippen molar-refractivity contribution in [2.75, 3.05) is 7.11 Å². The molecule has 3 rings (SSSR count). The maximum Gasteiger partial charge on any atom is 0.119 e. The number of ether oxygens (including phenoxy) is 1. The quantitative estimate of drug-likeness (QED) is 0.888. The van der Waals surface area contributed by atoms with Crippen molar-refractivity contribution in [2.24, 2.45) is 5.73 Å². The molecule has 0 bridgehead atoms. The number of aryl methyl sites for hydroxylation is 1. The summed E-state index contributed by atoms with van der Waals surface area (Å²) < 4.78 is 5.26. The molecule has 0 atom stereocenters. The number of nitrogens with two attached hydrogens (primary N) is 1. The van der Waals surface area contributed by atoms with Crippen LogP contribution in [0.2, 0.25) is 0 Å². The summed E-state index contributed by atoms with van der Waals surface area (Å²) in [6.45, 7) is 2.06. The smallest absolute Gasteiger partial charge is 0.119 e. The van der Waals surface area contributed by atoms with Crippen molar-refractivity contribution in [1.82, 2.24) is 9.97 Å². The van der Waals surface area contributed by atoms with Crippen LogP contribution in [0.5, 0.6) is 5.75 Å². The lowest BCUT2D eigenvalue weighted by molar-refractivity contribution is 0.340. The fourth-order valence-corrected chi connectivity index (χ4v) is 2.61. The average Bonchev–Trinajstić information content (AvgIpc) is 2.77. The first-order chi connectivity index (χ1) is 9.17. The Morgan fingerprint density at radius 2 is 2.16 bits per heavy atom. The fourth-order valence-electron chi connectivity index (χ4n) is 2.61. The minimum Gasteiger partial charge on any atom is -0.497 e. The molecular formula is C15H19N3O. The molecule has 1 aliphatic carbocycles. The van der Waals surface area contributed by atoms with Crippen molar-refractivity contribution in [3.05, 3.63) is 35.8 Å². The minimum atomic E-state index is 0.343. The number of hydrogen-bond acceptors (Lipinski definition) is 3. The molecule has 4 heteroatoms. The molecule has 0 unspecified atom stereocenters. The molecule has 3 N–H and O–H groups in total. The number of aromatic amines is 1. The zero-order valence-corrected chi connectivity index (χ0v) is 11.3. The molecule has 100 valence electrons. The van der Waals surface area contributed by atoms with E-state index in [9.17, 15) is 0 Å². The molecule has 1 aliphatic rings. The predicted octanol–water partition coefficient (Wildman–Crippen LogP) is 2.60. The summed E-state index contributed by atoms with van der Waals surface area (Å²) in [5.74, 6) is 2.41. The van der Waals surface area contributed by atoms with E-state index in [4.69, 9.17) is 15.5 Å². The molecule has 0 saturated heterocycles. The van der Waals surface area contributed by atoms with Crippen LogP contribution >= 0.6 is 0 Å². The Balaban J connectivity index is 1.91. The SMILES string of the molecule is COc1cccc(-c2nc(C3CC(N)C3)[nH]c2C)c1. The highest BCUT2D eigenvalue weighted by Gasteiger charge is 2.30. The van der Waals surface area contributed by atoms with Gasteiger partial charge in [0.25, 0.3) is 0 Å². The van der Waals surface area contributed by atoms with Gasteiger partial charge in [-0.1, -0.05) is 12.1 Å². The van der Waals surface area contributed by atoms with E-state index in [2.05, 4.69) is 18.0 Å². The molecule has 4 nitrogen and oxygen atoms in total. The third kappa shape index (κ3) is 2.24. The van der Waals surface area contributed by atoms with E-state index in [1.54, 1.807) is 7.11 Å². The summed E-state index contributed by atoms with van der Waals surface area (Å²) in [5.41, 5.74) is 9.04. The van der Waals surface area contributed by atoms with E-state index in [0.29, 0.717) is 12.0 Å². The van der Waals surface area contributed by atoms with Gasteiger partial charge >= 0.3 is 0 Å². The number of methoxy groups -OCH3 is 1. The van der Waals surface area contributed by atoms with Gasteiger partial charge in [-0.15, -0.1) is 0 Å². The van der Waals surface area contributed by atoms with Crippen molar-refractivity contribution in [3.63, 3.8) is 0 Å². The van der Waals surface area contributed by atoms with Gasteiger partial charge in [-0.25, -0.2) is 4.98 Å². The first kappa shape index (κ1) is 12.2. The first-order valence-electron chi connectivity index (χ1n) is 6.64. The maximum atomic E-state index is 5.84. The van der Waals surface area contributed by atoms with E-state index in [1.807, 2.05) is 18.2 Å². The van der Waals surface area contributed by atoms with Crippen LogP contribution in [0.25, 0.3) is 11.3 Å². The Morgan fingerprint density at radius 3 is 2.84 bits per heavy atom. The van der Waals surface area contributed by atoms with Gasteiger partial charge in [-0.05, 0) is 31.9 Å². The molecule has 1 fully saturated rings. The second-order valence-corrected chi connectivity index (χ2v) is 5.26. The normalized spacial score (nSPS) is 22.1. The van der Waals surface area contributed by atoms with Gasteiger partial charge < -0.3 is 15.5 Å². The molecule has 0 spiro atoms. The molecule has 0 amide bonds. The zero-order valence-electron chi connectivity index (χ0n) is 11.3. The molecule has 2 aromatic rings. The Morgan fingerprint density at radius 1 is 1.37 bits per heavy atom. The Hall–Kier alpha value is -1.81. The second-order valence-electron chi connectivity index (χ2n) is 5.26. The van der Waals surface area contributed by atoms with Crippen molar-refractivity contribution in [2.45, 2.75) is 31.7 Å². The summed E-state index contributed by atoms with van der Waals surface area (Å²) in [7, 11) is 1.68. The molecule has 1 aromatic heterocycles. The maximum absolute atomic E-state index is 5.84. The lowest BCUT2D eigenvalue weighted by Gasteiger charge is -2.30. The third-order valence-electron chi connectivity index (χ3n) is 3.81. The summed E-state index contributed by atoms with van der Waals surface area (Å²) in [5, 5.41) is 0. The third-order valence-corrected chi connectivity index (χ3v) is 3.81. The predicted molar refractivity (Wildman–Crippen MR) is 75.3 cm³/mol. The fraction of sp³-hybridized carbons (Fsp3) is 0.400. The summed E-state index contributed by atoms with van der Waals surface area (Å²) >= 11 is 0. The number of benzene rings is 1. The molecule has 0 radical (unpaired) electrons. The Kier molecular flexibility index (Phi) is 3.03.